The molecular weight excluding hydrogens is 342 g/mol. The Balaban J connectivity index is 2.29. The van der Waals surface area contributed by atoms with E-state index >= 15 is 0 Å². The van der Waals surface area contributed by atoms with E-state index in [4.69, 9.17) is 17.3 Å². The fraction of sp³-hybridized carbons (Fsp3) is 0.385. The zero-order valence-electron chi connectivity index (χ0n) is 11.4. The van der Waals surface area contributed by atoms with Gasteiger partial charge in [0.1, 0.15) is 0 Å². The summed E-state index contributed by atoms with van der Waals surface area (Å²) in [6, 6.07) is 1.59. The largest absolute Gasteiger partial charge is 0.319 e. The lowest BCUT2D eigenvalue weighted by atomic mass is 10.1. The van der Waals surface area contributed by atoms with Gasteiger partial charge in [0.25, 0.3) is 0 Å². The first-order valence-corrected chi connectivity index (χ1v) is 7.38. The van der Waals surface area contributed by atoms with Crippen molar-refractivity contribution in [3.05, 3.63) is 45.4 Å². The fourth-order valence-corrected chi connectivity index (χ4v) is 2.55. The molecular formula is C13H17BrClN5. The minimum atomic E-state index is -0.350. The van der Waals surface area contributed by atoms with E-state index in [2.05, 4.69) is 30.9 Å². The average Bonchev–Trinajstić information content (AvgIpc) is 2.76. The van der Waals surface area contributed by atoms with E-state index < -0.39 is 0 Å². The van der Waals surface area contributed by atoms with Crippen LogP contribution in [0.25, 0.3) is 0 Å². The molecule has 0 radical (unpaired) electrons. The van der Waals surface area contributed by atoms with Crippen LogP contribution in [0.2, 0.25) is 5.02 Å². The average molecular weight is 359 g/mol. The smallest absolute Gasteiger partial charge is 0.0837 e. The zero-order valence-corrected chi connectivity index (χ0v) is 13.8. The number of halogens is 2. The van der Waals surface area contributed by atoms with Gasteiger partial charge in [-0.05, 0) is 41.7 Å². The van der Waals surface area contributed by atoms with Crippen molar-refractivity contribution in [2.45, 2.75) is 12.6 Å². The molecule has 7 heteroatoms. The van der Waals surface area contributed by atoms with Gasteiger partial charge in [0.2, 0.25) is 0 Å². The maximum Gasteiger partial charge on any atom is 0.0837 e. The Hall–Kier alpha value is -0.950. The Kier molecular flexibility index (Phi) is 5.15. The molecule has 0 aliphatic heterocycles. The SMILES string of the molecule is CN(C)CCn1ncc(Cl)c1C(N)c1cncc(Br)c1. The Morgan fingerprint density at radius 2 is 2.15 bits per heavy atom. The van der Waals surface area contributed by atoms with Crippen molar-refractivity contribution < 1.29 is 0 Å². The first-order valence-electron chi connectivity index (χ1n) is 6.21. The highest BCUT2D eigenvalue weighted by Crippen LogP contribution is 2.27. The third kappa shape index (κ3) is 3.58. The van der Waals surface area contributed by atoms with Crippen molar-refractivity contribution in [2.24, 2.45) is 5.73 Å². The van der Waals surface area contributed by atoms with Crippen LogP contribution in [-0.2, 0) is 6.54 Å². The van der Waals surface area contributed by atoms with Crippen LogP contribution in [0.3, 0.4) is 0 Å². The van der Waals surface area contributed by atoms with Gasteiger partial charge in [-0.15, -0.1) is 0 Å². The molecule has 0 fully saturated rings. The number of hydrogen-bond acceptors (Lipinski definition) is 4. The highest BCUT2D eigenvalue weighted by molar-refractivity contribution is 9.10. The number of hydrogen-bond donors (Lipinski definition) is 1. The molecule has 0 aromatic carbocycles. The van der Waals surface area contributed by atoms with Crippen molar-refractivity contribution in [3.8, 4) is 0 Å². The lowest BCUT2D eigenvalue weighted by molar-refractivity contribution is 0.368. The molecule has 5 nitrogen and oxygen atoms in total. The molecule has 2 aromatic heterocycles. The number of rotatable bonds is 5. The number of aromatic nitrogens is 3. The van der Waals surface area contributed by atoms with E-state index in [1.54, 1.807) is 18.6 Å². The van der Waals surface area contributed by atoms with Crippen molar-refractivity contribution in [1.82, 2.24) is 19.7 Å². The van der Waals surface area contributed by atoms with E-state index in [-0.39, 0.29) is 6.04 Å². The van der Waals surface area contributed by atoms with E-state index in [1.807, 2.05) is 24.8 Å². The molecule has 2 aromatic rings. The third-order valence-electron chi connectivity index (χ3n) is 2.97. The molecule has 0 aliphatic rings. The number of nitrogens with zero attached hydrogens (tertiary/aromatic N) is 4. The summed E-state index contributed by atoms with van der Waals surface area (Å²) in [6.07, 6.45) is 5.11. The Morgan fingerprint density at radius 1 is 1.40 bits per heavy atom. The quantitative estimate of drug-likeness (QED) is 0.891. The summed E-state index contributed by atoms with van der Waals surface area (Å²) in [7, 11) is 4.03. The molecule has 2 N–H and O–H groups in total. The Bertz CT molecular complexity index is 584. The molecule has 0 saturated heterocycles. The minimum absolute atomic E-state index is 0.350. The van der Waals surface area contributed by atoms with E-state index in [0.29, 0.717) is 5.02 Å². The van der Waals surface area contributed by atoms with Crippen LogP contribution in [0.15, 0.2) is 29.1 Å². The predicted octanol–water partition coefficient (Wildman–Crippen LogP) is 2.30. The maximum atomic E-state index is 6.32. The van der Waals surface area contributed by atoms with Crippen LogP contribution in [0.4, 0.5) is 0 Å². The topological polar surface area (TPSA) is 60.0 Å². The van der Waals surface area contributed by atoms with Gasteiger partial charge in [-0.25, -0.2) is 0 Å². The lowest BCUT2D eigenvalue weighted by Gasteiger charge is -2.17. The van der Waals surface area contributed by atoms with Gasteiger partial charge in [0, 0.05) is 23.4 Å². The molecule has 20 heavy (non-hydrogen) atoms. The molecule has 0 aliphatic carbocycles. The molecule has 0 saturated carbocycles. The Morgan fingerprint density at radius 3 is 2.80 bits per heavy atom. The first-order chi connectivity index (χ1) is 9.49. The second kappa shape index (κ2) is 6.67. The van der Waals surface area contributed by atoms with Crippen LogP contribution < -0.4 is 5.73 Å². The van der Waals surface area contributed by atoms with Gasteiger partial charge >= 0.3 is 0 Å². The van der Waals surface area contributed by atoms with E-state index in [1.165, 1.54) is 0 Å². The molecule has 0 amide bonds. The van der Waals surface area contributed by atoms with Crippen molar-refractivity contribution in [1.29, 1.82) is 0 Å². The van der Waals surface area contributed by atoms with Crippen molar-refractivity contribution in [3.63, 3.8) is 0 Å². The molecule has 1 atom stereocenters. The highest BCUT2D eigenvalue weighted by Gasteiger charge is 2.19. The molecule has 0 spiro atoms. The second-order valence-corrected chi connectivity index (χ2v) is 6.14. The normalized spacial score (nSPS) is 12.9. The minimum Gasteiger partial charge on any atom is -0.319 e. The standard InChI is InChI=1S/C13H17BrClN5/c1-19(2)3-4-20-13(11(15)8-18-20)12(16)9-5-10(14)7-17-6-9/h5-8,12H,3-4,16H2,1-2H3. The zero-order chi connectivity index (χ0) is 14.7. The highest BCUT2D eigenvalue weighted by atomic mass is 79.9. The van der Waals surface area contributed by atoms with E-state index in [9.17, 15) is 0 Å². The van der Waals surface area contributed by atoms with Gasteiger partial charge in [-0.3, -0.25) is 9.67 Å². The summed E-state index contributed by atoms with van der Waals surface area (Å²) in [5, 5.41) is 4.88. The van der Waals surface area contributed by atoms with Gasteiger partial charge < -0.3 is 10.6 Å². The number of pyridine rings is 1. The first kappa shape index (κ1) is 15.4. The molecule has 2 heterocycles. The summed E-state index contributed by atoms with van der Waals surface area (Å²) in [5.41, 5.74) is 8.03. The van der Waals surface area contributed by atoms with Crippen LogP contribution in [-0.4, -0.2) is 40.3 Å². The molecule has 0 bridgehead atoms. The van der Waals surface area contributed by atoms with Gasteiger partial charge in [0.05, 0.1) is 29.5 Å². The van der Waals surface area contributed by atoms with Gasteiger partial charge in [-0.2, -0.15) is 5.10 Å². The lowest BCUT2D eigenvalue weighted by Crippen LogP contribution is -2.23. The second-order valence-electron chi connectivity index (χ2n) is 4.82. The summed E-state index contributed by atoms with van der Waals surface area (Å²) < 4.78 is 2.74. The van der Waals surface area contributed by atoms with E-state index in [0.717, 1.165) is 28.8 Å². The summed E-state index contributed by atoms with van der Waals surface area (Å²) in [4.78, 5) is 6.23. The third-order valence-corrected chi connectivity index (χ3v) is 3.70. The predicted molar refractivity (Wildman–Crippen MR) is 83.8 cm³/mol. The summed E-state index contributed by atoms with van der Waals surface area (Å²) in [5.74, 6) is 0. The van der Waals surface area contributed by atoms with Crippen molar-refractivity contribution in [2.75, 3.05) is 20.6 Å². The van der Waals surface area contributed by atoms with Crippen LogP contribution in [0.5, 0.6) is 0 Å². The molecule has 108 valence electrons. The van der Waals surface area contributed by atoms with Crippen LogP contribution in [0, 0.1) is 0 Å². The summed E-state index contributed by atoms with van der Waals surface area (Å²) in [6.45, 7) is 1.61. The van der Waals surface area contributed by atoms with Gasteiger partial charge in [-0.1, -0.05) is 11.6 Å². The maximum absolute atomic E-state index is 6.32. The van der Waals surface area contributed by atoms with Gasteiger partial charge in [0.15, 0.2) is 0 Å². The molecule has 1 unspecified atom stereocenters. The van der Waals surface area contributed by atoms with Crippen LogP contribution in [0.1, 0.15) is 17.3 Å². The van der Waals surface area contributed by atoms with Crippen molar-refractivity contribution >= 4 is 27.5 Å². The number of nitrogens with two attached hydrogens (primary N) is 1. The number of likely N-dealkylation sites (N-methyl/N-ethyl adjacent to an activating group) is 1. The Labute approximate surface area is 131 Å². The monoisotopic (exact) mass is 357 g/mol. The van der Waals surface area contributed by atoms with Crippen LogP contribution >= 0.6 is 27.5 Å². The fourth-order valence-electron chi connectivity index (χ4n) is 1.91. The molecule has 2 rings (SSSR count). The summed E-state index contributed by atoms with van der Waals surface area (Å²) >= 11 is 9.64.